The van der Waals surface area contributed by atoms with E-state index >= 15 is 0 Å². The van der Waals surface area contributed by atoms with Crippen LogP contribution in [0.1, 0.15) is 26.2 Å². The fourth-order valence-corrected chi connectivity index (χ4v) is 1.36. The molecule has 0 aromatic heterocycles. The number of rotatable bonds is 1. The van der Waals surface area contributed by atoms with Crippen LogP contribution in [-0.2, 0) is 4.79 Å². The van der Waals surface area contributed by atoms with Crippen LogP contribution in [0, 0.1) is 0 Å². The van der Waals surface area contributed by atoms with Crippen molar-refractivity contribution in [3.8, 4) is 0 Å². The van der Waals surface area contributed by atoms with E-state index in [0.29, 0.717) is 13.3 Å². The average Bonchev–Trinajstić information content (AvgIpc) is 2.02. The first kappa shape index (κ1) is 11.2. The van der Waals surface area contributed by atoms with E-state index in [1.54, 1.807) is 0 Å². The van der Waals surface area contributed by atoms with Crippen molar-refractivity contribution < 1.29 is 23.1 Å². The standard InChI is InChI=1S/C9H11F3O2/c1-8(14,9(10,11)12)6-3-2-4-7(13)5-6/h5,14H,2-4H2,1H3. The Morgan fingerprint density at radius 1 is 1.36 bits per heavy atom. The Labute approximate surface area is 79.4 Å². The quantitative estimate of drug-likeness (QED) is 0.715. The molecule has 0 aromatic rings. The molecule has 5 heteroatoms. The Hall–Kier alpha value is -0.840. The lowest BCUT2D eigenvalue weighted by Gasteiger charge is -2.30. The van der Waals surface area contributed by atoms with E-state index in [2.05, 4.69) is 0 Å². The summed E-state index contributed by atoms with van der Waals surface area (Å²) in [5.41, 5.74) is -3.11. The minimum atomic E-state index is -4.73. The van der Waals surface area contributed by atoms with E-state index in [9.17, 15) is 23.1 Å². The first-order chi connectivity index (χ1) is 6.25. The lowest BCUT2D eigenvalue weighted by molar-refractivity contribution is -0.237. The molecule has 0 radical (unpaired) electrons. The van der Waals surface area contributed by atoms with Gasteiger partial charge >= 0.3 is 6.18 Å². The van der Waals surface area contributed by atoms with E-state index < -0.39 is 11.8 Å². The van der Waals surface area contributed by atoms with E-state index in [1.165, 1.54) is 0 Å². The Balaban J connectivity index is 2.98. The molecule has 1 aliphatic rings. The number of ketones is 1. The van der Waals surface area contributed by atoms with E-state index in [-0.39, 0.29) is 24.2 Å². The molecule has 1 unspecified atom stereocenters. The van der Waals surface area contributed by atoms with Gasteiger partial charge in [-0.05, 0) is 31.4 Å². The van der Waals surface area contributed by atoms with Gasteiger partial charge < -0.3 is 5.11 Å². The Bertz CT molecular complexity index is 276. The van der Waals surface area contributed by atoms with Crippen molar-refractivity contribution in [1.29, 1.82) is 0 Å². The maximum atomic E-state index is 12.3. The number of carbonyl (C=O) groups excluding carboxylic acids is 1. The molecule has 0 amide bonds. The highest BCUT2D eigenvalue weighted by atomic mass is 19.4. The fraction of sp³-hybridized carbons (Fsp3) is 0.667. The third-order valence-electron chi connectivity index (χ3n) is 2.38. The van der Waals surface area contributed by atoms with Gasteiger partial charge in [-0.15, -0.1) is 0 Å². The smallest absolute Gasteiger partial charge is 0.377 e. The van der Waals surface area contributed by atoms with Gasteiger partial charge in [0.05, 0.1) is 0 Å². The van der Waals surface area contributed by atoms with Crippen LogP contribution in [0.5, 0.6) is 0 Å². The molecule has 1 aliphatic carbocycles. The van der Waals surface area contributed by atoms with Gasteiger partial charge in [0.2, 0.25) is 0 Å². The van der Waals surface area contributed by atoms with Gasteiger partial charge in [-0.2, -0.15) is 13.2 Å². The van der Waals surface area contributed by atoms with Crippen LogP contribution in [0.15, 0.2) is 11.6 Å². The van der Waals surface area contributed by atoms with Gasteiger partial charge in [0.15, 0.2) is 11.4 Å². The summed E-state index contributed by atoms with van der Waals surface area (Å²) in [5, 5.41) is 9.25. The molecule has 0 saturated heterocycles. The summed E-state index contributed by atoms with van der Waals surface area (Å²) in [6.45, 7) is 0.678. The van der Waals surface area contributed by atoms with Crippen LogP contribution < -0.4 is 0 Å². The lowest BCUT2D eigenvalue weighted by atomic mass is 9.86. The van der Waals surface area contributed by atoms with Gasteiger partial charge in [0.1, 0.15) is 0 Å². The highest BCUT2D eigenvalue weighted by Crippen LogP contribution is 2.38. The number of alkyl halides is 3. The highest BCUT2D eigenvalue weighted by molar-refractivity contribution is 5.91. The maximum Gasteiger partial charge on any atom is 0.420 e. The van der Waals surface area contributed by atoms with Crippen molar-refractivity contribution in [3.05, 3.63) is 11.6 Å². The zero-order valence-corrected chi connectivity index (χ0v) is 7.69. The topological polar surface area (TPSA) is 37.3 Å². The molecule has 0 bridgehead atoms. The van der Waals surface area contributed by atoms with Crippen molar-refractivity contribution in [1.82, 2.24) is 0 Å². The molecular weight excluding hydrogens is 197 g/mol. The molecule has 1 atom stereocenters. The van der Waals surface area contributed by atoms with E-state index in [0.717, 1.165) is 6.08 Å². The molecule has 2 nitrogen and oxygen atoms in total. The summed E-state index contributed by atoms with van der Waals surface area (Å²) in [6.07, 6.45) is -3.06. The molecule has 0 aliphatic heterocycles. The molecule has 14 heavy (non-hydrogen) atoms. The largest absolute Gasteiger partial charge is 0.420 e. The summed E-state index contributed by atoms with van der Waals surface area (Å²) in [6, 6.07) is 0. The number of hydrogen-bond acceptors (Lipinski definition) is 2. The maximum absolute atomic E-state index is 12.3. The first-order valence-electron chi connectivity index (χ1n) is 4.28. The zero-order valence-electron chi connectivity index (χ0n) is 7.69. The normalized spacial score (nSPS) is 22.9. The molecule has 0 fully saturated rings. The first-order valence-corrected chi connectivity index (χ1v) is 4.28. The second-order valence-corrected chi connectivity index (χ2v) is 3.56. The van der Waals surface area contributed by atoms with Crippen LogP contribution in [0.3, 0.4) is 0 Å². The van der Waals surface area contributed by atoms with Crippen molar-refractivity contribution in [3.63, 3.8) is 0 Å². The minimum absolute atomic E-state index is 0.123. The van der Waals surface area contributed by atoms with Gasteiger partial charge in [-0.25, -0.2) is 0 Å². The van der Waals surface area contributed by atoms with Gasteiger partial charge in [-0.1, -0.05) is 0 Å². The fourth-order valence-electron chi connectivity index (χ4n) is 1.36. The van der Waals surface area contributed by atoms with Crippen molar-refractivity contribution >= 4 is 5.78 Å². The Morgan fingerprint density at radius 2 is 1.93 bits per heavy atom. The van der Waals surface area contributed by atoms with Crippen LogP contribution >= 0.6 is 0 Å². The van der Waals surface area contributed by atoms with Crippen molar-refractivity contribution in [2.24, 2.45) is 0 Å². The van der Waals surface area contributed by atoms with Crippen LogP contribution in [0.25, 0.3) is 0 Å². The molecule has 0 spiro atoms. The third-order valence-corrected chi connectivity index (χ3v) is 2.38. The van der Waals surface area contributed by atoms with Gasteiger partial charge in [-0.3, -0.25) is 4.79 Å². The van der Waals surface area contributed by atoms with E-state index in [1.807, 2.05) is 0 Å². The summed E-state index contributed by atoms with van der Waals surface area (Å²) in [4.78, 5) is 10.9. The number of hydrogen-bond donors (Lipinski definition) is 1. The van der Waals surface area contributed by atoms with Crippen molar-refractivity contribution in [2.75, 3.05) is 0 Å². The summed E-state index contributed by atoms with van der Waals surface area (Å²) >= 11 is 0. The second kappa shape index (κ2) is 3.38. The predicted octanol–water partition coefficient (Wildman–Crippen LogP) is 1.98. The predicted molar refractivity (Wildman–Crippen MR) is 43.6 cm³/mol. The van der Waals surface area contributed by atoms with Gasteiger partial charge in [0, 0.05) is 6.42 Å². The molecule has 0 heterocycles. The Kier molecular flexibility index (Phi) is 2.71. The zero-order chi connectivity index (χ0) is 11.0. The van der Waals surface area contributed by atoms with Crippen LogP contribution in [0.4, 0.5) is 13.2 Å². The summed E-state index contributed by atoms with van der Waals surface area (Å²) in [7, 11) is 0. The summed E-state index contributed by atoms with van der Waals surface area (Å²) < 4.78 is 37.0. The SMILES string of the molecule is CC(O)(C1=CC(=O)CCC1)C(F)(F)F. The Morgan fingerprint density at radius 3 is 2.36 bits per heavy atom. The number of allylic oxidation sites excluding steroid dienone is 1. The minimum Gasteiger partial charge on any atom is -0.377 e. The summed E-state index contributed by atoms with van der Waals surface area (Å²) in [5.74, 6) is -0.351. The molecular formula is C9H11F3O2. The number of carbonyl (C=O) groups is 1. The molecule has 1 rings (SSSR count). The highest BCUT2D eigenvalue weighted by Gasteiger charge is 2.52. The average molecular weight is 208 g/mol. The lowest BCUT2D eigenvalue weighted by Crippen LogP contribution is -2.44. The van der Waals surface area contributed by atoms with Crippen LogP contribution in [0.2, 0.25) is 0 Å². The molecule has 0 aromatic carbocycles. The number of halogens is 3. The molecule has 1 N–H and O–H groups in total. The molecule has 80 valence electrons. The second-order valence-electron chi connectivity index (χ2n) is 3.56. The van der Waals surface area contributed by atoms with Gasteiger partial charge in [0.25, 0.3) is 0 Å². The third kappa shape index (κ3) is 1.97. The monoisotopic (exact) mass is 208 g/mol. The van der Waals surface area contributed by atoms with Crippen molar-refractivity contribution in [2.45, 2.75) is 38.0 Å². The molecule has 0 saturated carbocycles. The van der Waals surface area contributed by atoms with Crippen LogP contribution in [-0.4, -0.2) is 22.7 Å². The number of aliphatic hydroxyl groups is 1. The van der Waals surface area contributed by atoms with E-state index in [4.69, 9.17) is 0 Å².